The topological polar surface area (TPSA) is 69.6 Å². The highest BCUT2D eigenvalue weighted by atomic mass is 32.1. The minimum Gasteiger partial charge on any atom is -0.486 e. The fourth-order valence-electron chi connectivity index (χ4n) is 2.37. The van der Waals surface area contributed by atoms with E-state index in [4.69, 9.17) is 9.47 Å². The minimum atomic E-state index is -0.209. The summed E-state index contributed by atoms with van der Waals surface area (Å²) in [6.45, 7) is 3.04. The van der Waals surface area contributed by atoms with Gasteiger partial charge in [-0.3, -0.25) is 9.59 Å². The van der Waals surface area contributed by atoms with Crippen molar-refractivity contribution in [2.75, 3.05) is 13.2 Å². The molecule has 0 saturated carbocycles. The van der Waals surface area contributed by atoms with Gasteiger partial charge in [-0.25, -0.2) is 0 Å². The standard InChI is InChI=1S/C16H18N2O4S/c1-11-10-23-16(20)18(11)7-6-15(19)17-8-12-9-21-13-4-2-3-5-14(13)22-12/h2-5,10,12H,6-9H2,1H3,(H,17,19)/t12-/m1/s1. The van der Waals surface area contributed by atoms with E-state index in [9.17, 15) is 9.59 Å². The second-order valence-electron chi connectivity index (χ2n) is 5.35. The lowest BCUT2D eigenvalue weighted by Gasteiger charge is -2.26. The number of rotatable bonds is 5. The quantitative estimate of drug-likeness (QED) is 0.901. The number of amides is 1. The Morgan fingerprint density at radius 2 is 2.17 bits per heavy atom. The lowest BCUT2D eigenvalue weighted by molar-refractivity contribution is -0.121. The molecule has 23 heavy (non-hydrogen) atoms. The number of hydrogen-bond donors (Lipinski definition) is 1. The summed E-state index contributed by atoms with van der Waals surface area (Å²) in [7, 11) is 0. The maximum absolute atomic E-state index is 11.9. The summed E-state index contributed by atoms with van der Waals surface area (Å²) in [4.78, 5) is 23.5. The van der Waals surface area contributed by atoms with Crippen molar-refractivity contribution in [2.45, 2.75) is 26.0 Å². The Balaban J connectivity index is 1.46. The van der Waals surface area contributed by atoms with E-state index < -0.39 is 0 Å². The van der Waals surface area contributed by atoms with Crippen LogP contribution in [-0.4, -0.2) is 29.7 Å². The van der Waals surface area contributed by atoms with Crippen LogP contribution in [0.1, 0.15) is 12.1 Å². The molecule has 1 aromatic carbocycles. The number of hydrogen-bond acceptors (Lipinski definition) is 5. The van der Waals surface area contributed by atoms with Gasteiger partial charge in [-0.1, -0.05) is 23.5 Å². The van der Waals surface area contributed by atoms with Crippen molar-refractivity contribution in [3.8, 4) is 11.5 Å². The number of nitrogens with zero attached hydrogens (tertiary/aromatic N) is 1. The third kappa shape index (κ3) is 3.73. The summed E-state index contributed by atoms with van der Waals surface area (Å²) in [6, 6.07) is 7.46. The van der Waals surface area contributed by atoms with Crippen LogP contribution in [-0.2, 0) is 11.3 Å². The Hall–Kier alpha value is -2.28. The van der Waals surface area contributed by atoms with E-state index in [0.29, 0.717) is 25.4 Å². The maximum atomic E-state index is 11.9. The van der Waals surface area contributed by atoms with Crippen molar-refractivity contribution in [1.82, 2.24) is 9.88 Å². The average molecular weight is 334 g/mol. The molecular formula is C16H18N2O4S. The first-order valence-electron chi connectivity index (χ1n) is 7.43. The predicted molar refractivity (Wildman–Crippen MR) is 87.3 cm³/mol. The zero-order valence-corrected chi connectivity index (χ0v) is 13.6. The van der Waals surface area contributed by atoms with Crippen molar-refractivity contribution < 1.29 is 14.3 Å². The van der Waals surface area contributed by atoms with Gasteiger partial charge < -0.3 is 19.4 Å². The molecule has 0 bridgehead atoms. The van der Waals surface area contributed by atoms with Crippen molar-refractivity contribution in [3.63, 3.8) is 0 Å². The number of aromatic nitrogens is 1. The SMILES string of the molecule is Cc1csc(=O)n1CCC(=O)NC[C@@H]1COc2ccccc2O1. The first-order valence-corrected chi connectivity index (χ1v) is 8.31. The molecule has 122 valence electrons. The van der Waals surface area contributed by atoms with Crippen LogP contribution in [0.5, 0.6) is 11.5 Å². The van der Waals surface area contributed by atoms with Crippen LogP contribution in [0.3, 0.4) is 0 Å². The molecule has 0 saturated heterocycles. The van der Waals surface area contributed by atoms with E-state index in [1.165, 1.54) is 0 Å². The zero-order valence-electron chi connectivity index (χ0n) is 12.8. The number of aryl methyl sites for hydroxylation is 1. The molecule has 1 amide bonds. The largest absolute Gasteiger partial charge is 0.486 e. The molecule has 1 aliphatic rings. The molecule has 2 aromatic rings. The monoisotopic (exact) mass is 334 g/mol. The Morgan fingerprint density at radius 3 is 2.91 bits per heavy atom. The summed E-state index contributed by atoms with van der Waals surface area (Å²) in [6.07, 6.45) is 0.0567. The number of para-hydroxylation sites is 2. The van der Waals surface area contributed by atoms with Crippen LogP contribution in [0.2, 0.25) is 0 Å². The van der Waals surface area contributed by atoms with Crippen molar-refractivity contribution in [3.05, 3.63) is 45.0 Å². The highest BCUT2D eigenvalue weighted by molar-refractivity contribution is 7.07. The number of fused-ring (bicyclic) bond motifs is 1. The van der Waals surface area contributed by atoms with Crippen molar-refractivity contribution in [2.24, 2.45) is 0 Å². The highest BCUT2D eigenvalue weighted by Crippen LogP contribution is 2.30. The second kappa shape index (κ2) is 6.87. The smallest absolute Gasteiger partial charge is 0.307 e. The number of carbonyl (C=O) groups excluding carboxylic acids is 1. The highest BCUT2D eigenvalue weighted by Gasteiger charge is 2.21. The number of carbonyl (C=O) groups is 1. The van der Waals surface area contributed by atoms with E-state index in [1.54, 1.807) is 9.95 Å². The minimum absolute atomic E-state index is 0.0316. The van der Waals surface area contributed by atoms with Crippen LogP contribution in [0.25, 0.3) is 0 Å². The fraction of sp³-hybridized carbons (Fsp3) is 0.375. The van der Waals surface area contributed by atoms with Gasteiger partial charge in [0.05, 0.1) is 6.54 Å². The Labute approximate surface area is 137 Å². The van der Waals surface area contributed by atoms with Crippen LogP contribution in [0, 0.1) is 6.92 Å². The molecule has 1 aliphatic heterocycles. The summed E-state index contributed by atoms with van der Waals surface area (Å²) in [5, 5.41) is 4.63. The van der Waals surface area contributed by atoms with Gasteiger partial charge in [-0.15, -0.1) is 0 Å². The van der Waals surface area contributed by atoms with E-state index in [1.807, 2.05) is 31.2 Å². The van der Waals surface area contributed by atoms with E-state index in [2.05, 4.69) is 5.32 Å². The first-order chi connectivity index (χ1) is 11.1. The molecular weight excluding hydrogens is 316 g/mol. The molecule has 1 N–H and O–H groups in total. The van der Waals surface area contributed by atoms with Gasteiger partial charge in [0.2, 0.25) is 5.91 Å². The van der Waals surface area contributed by atoms with Gasteiger partial charge in [0.25, 0.3) is 0 Å². The van der Waals surface area contributed by atoms with Gasteiger partial charge in [0.1, 0.15) is 12.7 Å². The van der Waals surface area contributed by atoms with Gasteiger partial charge in [0, 0.05) is 24.0 Å². The third-order valence-electron chi connectivity index (χ3n) is 3.63. The number of thiazole rings is 1. The lowest BCUT2D eigenvalue weighted by atomic mass is 10.2. The second-order valence-corrected chi connectivity index (χ2v) is 6.17. The number of ether oxygens (including phenoxy) is 2. The normalized spacial score (nSPS) is 16.1. The molecule has 0 aliphatic carbocycles. The summed E-state index contributed by atoms with van der Waals surface area (Å²) in [5.74, 6) is 1.31. The molecule has 1 atom stereocenters. The van der Waals surface area contributed by atoms with Gasteiger partial charge in [-0.05, 0) is 19.1 Å². The molecule has 3 rings (SSSR count). The van der Waals surface area contributed by atoms with Crippen LogP contribution in [0.4, 0.5) is 0 Å². The molecule has 7 heteroatoms. The summed E-state index contributed by atoms with van der Waals surface area (Å²) in [5.41, 5.74) is 0.883. The molecule has 0 spiro atoms. The van der Waals surface area contributed by atoms with Crippen LogP contribution < -0.4 is 19.7 Å². The summed E-state index contributed by atoms with van der Waals surface area (Å²) < 4.78 is 13.0. The predicted octanol–water partition coefficient (Wildman–Crippen LogP) is 1.56. The van der Waals surface area contributed by atoms with Gasteiger partial charge in [-0.2, -0.15) is 0 Å². The van der Waals surface area contributed by atoms with Crippen molar-refractivity contribution in [1.29, 1.82) is 0 Å². The molecule has 0 unspecified atom stereocenters. The Bertz CT molecular complexity index is 753. The molecule has 6 nitrogen and oxygen atoms in total. The number of benzene rings is 1. The van der Waals surface area contributed by atoms with E-state index in [-0.39, 0.29) is 23.3 Å². The zero-order chi connectivity index (χ0) is 16.2. The van der Waals surface area contributed by atoms with Crippen LogP contribution in [0.15, 0.2) is 34.4 Å². The number of nitrogens with one attached hydrogen (secondary N) is 1. The molecule has 0 fully saturated rings. The van der Waals surface area contributed by atoms with Gasteiger partial charge >= 0.3 is 4.87 Å². The molecule has 1 aromatic heterocycles. The third-order valence-corrected chi connectivity index (χ3v) is 4.51. The Kier molecular flexibility index (Phi) is 4.66. The summed E-state index contributed by atoms with van der Waals surface area (Å²) >= 11 is 1.15. The van der Waals surface area contributed by atoms with E-state index >= 15 is 0 Å². The fourth-order valence-corrected chi connectivity index (χ4v) is 3.13. The molecule has 0 radical (unpaired) electrons. The molecule has 2 heterocycles. The van der Waals surface area contributed by atoms with Crippen LogP contribution >= 0.6 is 11.3 Å². The van der Waals surface area contributed by atoms with E-state index in [0.717, 1.165) is 22.8 Å². The average Bonchev–Trinajstić information content (AvgIpc) is 2.89. The van der Waals surface area contributed by atoms with Gasteiger partial charge in [0.15, 0.2) is 11.5 Å². The van der Waals surface area contributed by atoms with Crippen molar-refractivity contribution >= 4 is 17.2 Å². The lowest BCUT2D eigenvalue weighted by Crippen LogP contribution is -2.41. The maximum Gasteiger partial charge on any atom is 0.307 e. The first kappa shape index (κ1) is 15.6. The Morgan fingerprint density at radius 1 is 1.39 bits per heavy atom.